The van der Waals surface area contributed by atoms with Crippen LogP contribution in [0.1, 0.15) is 55.2 Å². The van der Waals surface area contributed by atoms with Gasteiger partial charge < -0.3 is 44.9 Å². The van der Waals surface area contributed by atoms with Gasteiger partial charge in [0.25, 0.3) is 0 Å². The third kappa shape index (κ3) is 8.90. The van der Waals surface area contributed by atoms with Crippen LogP contribution in [-0.4, -0.2) is 78.1 Å². The fraction of sp³-hybridized carbons (Fsp3) is 0.395. The summed E-state index contributed by atoms with van der Waals surface area (Å²) in [7, 11) is 1.31. The molecular formula is C43H49N5O8. The number of hydrogen-bond donors (Lipinski definition) is 5. The molecular weight excluding hydrogens is 715 g/mol. The van der Waals surface area contributed by atoms with Crippen LogP contribution in [0, 0.1) is 5.92 Å². The molecule has 3 amide bonds. The second-order valence-corrected chi connectivity index (χ2v) is 14.5. The molecule has 56 heavy (non-hydrogen) atoms. The second-order valence-electron chi connectivity index (χ2n) is 14.5. The highest BCUT2D eigenvalue weighted by atomic mass is 16.7. The minimum atomic E-state index is -1.17. The zero-order valence-corrected chi connectivity index (χ0v) is 31.5. The minimum absolute atomic E-state index is 0.0557. The molecule has 0 radical (unpaired) electrons. The van der Waals surface area contributed by atoms with Gasteiger partial charge in [0.1, 0.15) is 18.7 Å². The van der Waals surface area contributed by atoms with E-state index in [9.17, 15) is 19.2 Å². The Hall–Kier alpha value is -5.66. The number of rotatable bonds is 14. The first kappa shape index (κ1) is 38.6. The molecule has 0 bridgehead atoms. The number of ether oxygens (including phenoxy) is 4. The Morgan fingerprint density at radius 2 is 1.41 bits per heavy atom. The molecule has 2 aromatic heterocycles. The Kier molecular flexibility index (Phi) is 12.3. The molecule has 1 aliphatic heterocycles. The number of benzene rings is 3. The summed E-state index contributed by atoms with van der Waals surface area (Å²) < 4.78 is 23.5. The Labute approximate surface area is 325 Å². The maximum atomic E-state index is 14.3. The summed E-state index contributed by atoms with van der Waals surface area (Å²) in [5.74, 6) is -2.62. The van der Waals surface area contributed by atoms with E-state index in [0.29, 0.717) is 32.5 Å². The summed E-state index contributed by atoms with van der Waals surface area (Å²) in [6.07, 6.45) is 6.74. The number of para-hydroxylation sites is 2. The van der Waals surface area contributed by atoms with Gasteiger partial charge in [-0.1, -0.05) is 73.2 Å². The molecule has 4 atom stereocenters. The first-order valence-corrected chi connectivity index (χ1v) is 19.4. The summed E-state index contributed by atoms with van der Waals surface area (Å²) in [5, 5.41) is 10.8. The smallest absolute Gasteiger partial charge is 0.408 e. The highest BCUT2D eigenvalue weighted by Crippen LogP contribution is 2.42. The average molecular weight is 764 g/mol. The molecule has 5 aromatic rings. The first-order chi connectivity index (χ1) is 27.3. The van der Waals surface area contributed by atoms with Crippen LogP contribution in [-0.2, 0) is 52.8 Å². The van der Waals surface area contributed by atoms with Crippen LogP contribution in [0.5, 0.6) is 0 Å². The van der Waals surface area contributed by atoms with E-state index in [2.05, 4.69) is 25.9 Å². The maximum Gasteiger partial charge on any atom is 0.408 e. The number of amides is 3. The van der Waals surface area contributed by atoms with Crippen LogP contribution in [0.3, 0.4) is 0 Å². The average Bonchev–Trinajstić information content (AvgIpc) is 3.84. The first-order valence-electron chi connectivity index (χ1n) is 19.4. The van der Waals surface area contributed by atoms with Crippen LogP contribution in [0.25, 0.3) is 21.8 Å². The van der Waals surface area contributed by atoms with Crippen molar-refractivity contribution in [3.8, 4) is 0 Å². The molecule has 2 aliphatic rings. The Bertz CT molecular complexity index is 2120. The minimum Gasteiger partial charge on any atom is -0.467 e. The lowest BCUT2D eigenvalue weighted by Crippen LogP contribution is -2.65. The molecule has 7 rings (SSSR count). The van der Waals surface area contributed by atoms with Crippen molar-refractivity contribution in [3.05, 3.63) is 108 Å². The summed E-state index contributed by atoms with van der Waals surface area (Å²) >= 11 is 0. The van der Waals surface area contributed by atoms with Crippen LogP contribution in [0.4, 0.5) is 4.79 Å². The van der Waals surface area contributed by atoms with E-state index in [1.165, 1.54) is 7.11 Å². The van der Waals surface area contributed by atoms with Crippen molar-refractivity contribution >= 4 is 45.7 Å². The number of esters is 1. The normalized spacial score (nSPS) is 18.9. The number of aromatic nitrogens is 2. The molecule has 3 heterocycles. The molecule has 1 spiro atoms. The van der Waals surface area contributed by atoms with Gasteiger partial charge in [0.05, 0.1) is 26.4 Å². The van der Waals surface area contributed by atoms with E-state index in [1.807, 2.05) is 91.3 Å². The van der Waals surface area contributed by atoms with Crippen molar-refractivity contribution < 1.29 is 38.1 Å². The van der Waals surface area contributed by atoms with Crippen molar-refractivity contribution in [2.75, 3.05) is 20.3 Å². The summed E-state index contributed by atoms with van der Waals surface area (Å²) in [6.45, 7) is 0.931. The summed E-state index contributed by atoms with van der Waals surface area (Å²) in [5.41, 5.74) is 4.45. The predicted molar refractivity (Wildman–Crippen MR) is 209 cm³/mol. The van der Waals surface area contributed by atoms with E-state index in [-0.39, 0.29) is 37.7 Å². The van der Waals surface area contributed by atoms with Gasteiger partial charge >= 0.3 is 12.1 Å². The SMILES string of the molecule is COC(=O)[C@H](Cc1c[nH]c2ccccc12)NC(=O)CC[C@H]1CCC[C@@H](NC(=O)[C@H](Cc2c[nH]c3ccccc23)NC(=O)OCc2ccccc2)C12OCCCO2. The molecule has 3 aromatic carbocycles. The lowest BCUT2D eigenvalue weighted by Gasteiger charge is -2.50. The highest BCUT2D eigenvalue weighted by molar-refractivity contribution is 5.89. The van der Waals surface area contributed by atoms with Crippen molar-refractivity contribution in [2.24, 2.45) is 5.92 Å². The van der Waals surface area contributed by atoms with Gasteiger partial charge in [-0.3, -0.25) is 9.59 Å². The van der Waals surface area contributed by atoms with E-state index in [1.54, 1.807) is 0 Å². The molecule has 1 saturated heterocycles. The fourth-order valence-corrected chi connectivity index (χ4v) is 8.11. The molecule has 5 N–H and O–H groups in total. The standard InChI is InChI=1S/C43H49N5O8/c1-53-41(51)37(24-30-26-45-35-17-8-6-15-33(30)35)46-39(49)20-19-31-13-9-18-38(43(31)55-21-10-22-56-43)48-40(50)36(23-29-25-44-34-16-7-5-14-32(29)34)47-42(52)54-27-28-11-3-2-4-12-28/h2-8,11-12,14-17,25-26,31,36-38,44-45H,9-10,13,18-24,27H2,1H3,(H,46,49)(H,47,52)(H,48,50)/t31-,36+,37+,38-/m1/s1. The second kappa shape index (κ2) is 17.9. The Morgan fingerprint density at radius 1 is 0.786 bits per heavy atom. The van der Waals surface area contributed by atoms with Crippen molar-refractivity contribution in [1.82, 2.24) is 25.9 Å². The monoisotopic (exact) mass is 763 g/mol. The zero-order valence-electron chi connectivity index (χ0n) is 31.5. The highest BCUT2D eigenvalue weighted by Gasteiger charge is 2.52. The number of carbonyl (C=O) groups excluding carboxylic acids is 4. The summed E-state index contributed by atoms with van der Waals surface area (Å²) in [4.78, 5) is 60.2. The number of fused-ring (bicyclic) bond motifs is 2. The van der Waals surface area contributed by atoms with Gasteiger partial charge in [0, 0.05) is 59.4 Å². The lowest BCUT2D eigenvalue weighted by molar-refractivity contribution is -0.317. The van der Waals surface area contributed by atoms with Crippen LogP contribution in [0.15, 0.2) is 91.3 Å². The molecule has 13 heteroatoms. The number of aromatic amines is 2. The summed E-state index contributed by atoms with van der Waals surface area (Å²) in [6, 6.07) is 22.5. The van der Waals surface area contributed by atoms with Crippen LogP contribution in [0.2, 0.25) is 0 Å². The zero-order chi connectivity index (χ0) is 38.9. The number of H-pyrrole nitrogens is 2. The number of alkyl carbamates (subject to hydrolysis) is 1. The number of methoxy groups -OCH3 is 1. The maximum absolute atomic E-state index is 14.3. The molecule has 1 aliphatic carbocycles. The lowest BCUT2D eigenvalue weighted by atomic mass is 9.76. The fourth-order valence-electron chi connectivity index (χ4n) is 8.11. The van der Waals surface area contributed by atoms with Gasteiger partial charge in [-0.15, -0.1) is 0 Å². The van der Waals surface area contributed by atoms with E-state index in [0.717, 1.165) is 51.3 Å². The van der Waals surface area contributed by atoms with Gasteiger partial charge in [-0.25, -0.2) is 9.59 Å². The Morgan fingerprint density at radius 3 is 2.07 bits per heavy atom. The van der Waals surface area contributed by atoms with Gasteiger partial charge in [-0.05, 0) is 54.5 Å². The largest absolute Gasteiger partial charge is 0.467 e. The van der Waals surface area contributed by atoms with Crippen molar-refractivity contribution in [1.29, 1.82) is 0 Å². The quantitative estimate of drug-likeness (QED) is 0.0912. The third-order valence-electron chi connectivity index (χ3n) is 10.9. The number of hydrogen-bond acceptors (Lipinski definition) is 8. The van der Waals surface area contributed by atoms with Crippen LogP contribution < -0.4 is 16.0 Å². The van der Waals surface area contributed by atoms with E-state index >= 15 is 0 Å². The van der Waals surface area contributed by atoms with Crippen molar-refractivity contribution in [3.63, 3.8) is 0 Å². The van der Waals surface area contributed by atoms with Gasteiger partial charge in [0.15, 0.2) is 5.79 Å². The molecule has 2 fully saturated rings. The van der Waals surface area contributed by atoms with E-state index < -0.39 is 41.9 Å². The van der Waals surface area contributed by atoms with Crippen molar-refractivity contribution in [2.45, 2.75) is 81.9 Å². The topological polar surface area (TPSA) is 173 Å². The van der Waals surface area contributed by atoms with Crippen LogP contribution >= 0.6 is 0 Å². The molecule has 13 nitrogen and oxygen atoms in total. The predicted octanol–water partition coefficient (Wildman–Crippen LogP) is 5.59. The molecule has 1 saturated carbocycles. The van der Waals surface area contributed by atoms with Gasteiger partial charge in [0.2, 0.25) is 11.8 Å². The Balaban J connectivity index is 1.04. The number of nitrogens with one attached hydrogen (secondary N) is 5. The molecule has 294 valence electrons. The van der Waals surface area contributed by atoms with E-state index in [4.69, 9.17) is 18.9 Å². The third-order valence-corrected chi connectivity index (χ3v) is 10.9. The number of carbonyl (C=O) groups is 4. The van der Waals surface area contributed by atoms with Gasteiger partial charge in [-0.2, -0.15) is 0 Å². The molecule has 0 unspecified atom stereocenters.